The number of unbranched alkanes of at least 4 members (excludes halogenated alkanes) is 5. The van der Waals surface area contributed by atoms with Gasteiger partial charge in [0.1, 0.15) is 0 Å². The van der Waals surface area contributed by atoms with Gasteiger partial charge in [-0.2, -0.15) is 0 Å². The molecule has 0 aliphatic rings. The summed E-state index contributed by atoms with van der Waals surface area (Å²) in [7, 11) is 1.97. The number of nitrogens with zero attached hydrogens (tertiary/aromatic N) is 3. The second kappa shape index (κ2) is 8.13. The van der Waals surface area contributed by atoms with Gasteiger partial charge in [0, 0.05) is 5.10 Å². The van der Waals surface area contributed by atoms with Crippen molar-refractivity contribution in [2.45, 2.75) is 57.1 Å². The maximum atomic E-state index is 5.41. The molecule has 114 valence electrons. The van der Waals surface area contributed by atoms with Crippen molar-refractivity contribution in [3.63, 3.8) is 0 Å². The maximum Gasteiger partial charge on any atom is 0.265 e. The lowest BCUT2D eigenvalue weighted by atomic mass is 10.1. The minimum Gasteiger partial charge on any atom is -0.703 e. The Hall–Kier alpha value is -1.42. The predicted molar refractivity (Wildman–Crippen MR) is 87.8 cm³/mol. The monoisotopic (exact) mass is 303 g/mol. The molecule has 0 N–H and O–H groups in total. The van der Waals surface area contributed by atoms with Crippen molar-refractivity contribution < 1.29 is 4.57 Å². The van der Waals surface area contributed by atoms with Crippen LogP contribution in [0.4, 0.5) is 0 Å². The third-order valence-electron chi connectivity index (χ3n) is 3.80. The molecular weight excluding hydrogens is 278 g/mol. The molecule has 0 atom stereocenters. The molecule has 1 heterocycles. The van der Waals surface area contributed by atoms with Crippen LogP contribution in [0.15, 0.2) is 35.5 Å². The molecule has 0 bridgehead atoms. The zero-order valence-corrected chi connectivity index (χ0v) is 13.9. The summed E-state index contributed by atoms with van der Waals surface area (Å²) < 4.78 is 4.07. The van der Waals surface area contributed by atoms with E-state index in [-0.39, 0.29) is 0 Å². The fourth-order valence-corrected chi connectivity index (χ4v) is 2.98. The minimum atomic E-state index is 0.685. The summed E-state index contributed by atoms with van der Waals surface area (Å²) >= 11 is 5.41. The standard InChI is InChI=1S/C17H25N3S/c1-3-4-5-6-7-11-14-20-16(19(2)18-17(20)21)15-12-9-8-10-13-15/h8-10,12-13H,3-7,11,14H2,1-2H3. The molecule has 0 aliphatic carbocycles. The van der Waals surface area contributed by atoms with Crippen LogP contribution in [0, 0.1) is 0 Å². The molecule has 0 fully saturated rings. The van der Waals surface area contributed by atoms with Crippen LogP contribution in [-0.4, -0.2) is 9.78 Å². The number of benzene rings is 1. The summed E-state index contributed by atoms with van der Waals surface area (Å²) in [6.07, 6.45) is 7.75. The number of hydrogen-bond acceptors (Lipinski definition) is 2. The van der Waals surface area contributed by atoms with E-state index in [1.807, 2.05) is 17.8 Å². The highest BCUT2D eigenvalue weighted by Crippen LogP contribution is 2.15. The number of hydrogen-bond donors (Lipinski definition) is 0. The van der Waals surface area contributed by atoms with Gasteiger partial charge in [-0.15, -0.1) is 4.68 Å². The van der Waals surface area contributed by atoms with Gasteiger partial charge in [-0.25, -0.2) is 4.57 Å². The van der Waals surface area contributed by atoms with Crippen LogP contribution < -0.4 is 4.57 Å². The van der Waals surface area contributed by atoms with Crippen LogP contribution >= 0.6 is 0 Å². The van der Waals surface area contributed by atoms with Gasteiger partial charge in [0.2, 0.25) is 0 Å². The van der Waals surface area contributed by atoms with Crippen molar-refractivity contribution in [3.8, 4) is 11.4 Å². The molecule has 4 heteroatoms. The van der Waals surface area contributed by atoms with E-state index in [1.165, 1.54) is 44.1 Å². The Bertz CT molecular complexity index is 549. The fraction of sp³-hybridized carbons (Fsp3) is 0.529. The Morgan fingerprint density at radius 3 is 2.43 bits per heavy atom. The van der Waals surface area contributed by atoms with Crippen molar-refractivity contribution in [2.24, 2.45) is 7.05 Å². The molecule has 0 saturated carbocycles. The highest BCUT2D eigenvalue weighted by atomic mass is 32.1. The largest absolute Gasteiger partial charge is 0.703 e. The van der Waals surface area contributed by atoms with Crippen molar-refractivity contribution in [1.29, 1.82) is 0 Å². The van der Waals surface area contributed by atoms with Crippen molar-refractivity contribution in [2.75, 3.05) is 0 Å². The third-order valence-corrected chi connectivity index (χ3v) is 4.10. The first-order valence-electron chi connectivity index (χ1n) is 7.93. The summed E-state index contributed by atoms with van der Waals surface area (Å²) in [5.74, 6) is 1.11. The molecule has 3 nitrogen and oxygen atoms in total. The lowest BCUT2D eigenvalue weighted by molar-refractivity contribution is -0.723. The Kier molecular flexibility index (Phi) is 6.18. The number of aryl methyl sites for hydroxylation is 1. The summed E-state index contributed by atoms with van der Waals surface area (Å²) in [4.78, 5) is 0. The molecule has 0 unspecified atom stereocenters. The van der Waals surface area contributed by atoms with Gasteiger partial charge in [-0.05, 0) is 18.6 Å². The lowest BCUT2D eigenvalue weighted by Crippen LogP contribution is -2.37. The normalized spacial score (nSPS) is 11.0. The number of aromatic nitrogens is 3. The molecule has 0 spiro atoms. The average Bonchev–Trinajstić information content (AvgIpc) is 2.78. The second-order valence-electron chi connectivity index (χ2n) is 5.52. The van der Waals surface area contributed by atoms with Gasteiger partial charge in [0.15, 0.2) is 5.16 Å². The van der Waals surface area contributed by atoms with Crippen LogP contribution in [0.1, 0.15) is 45.4 Å². The highest BCUT2D eigenvalue weighted by Gasteiger charge is 2.18. The quantitative estimate of drug-likeness (QED) is 0.422. The van der Waals surface area contributed by atoms with Crippen LogP contribution in [0.2, 0.25) is 0 Å². The van der Waals surface area contributed by atoms with Crippen LogP contribution in [0.25, 0.3) is 11.4 Å². The van der Waals surface area contributed by atoms with Crippen molar-refractivity contribution >= 4 is 12.6 Å². The van der Waals surface area contributed by atoms with Gasteiger partial charge < -0.3 is 12.6 Å². The number of rotatable bonds is 8. The predicted octanol–water partition coefficient (Wildman–Crippen LogP) is 3.64. The molecule has 1 aromatic carbocycles. The Balaban J connectivity index is 2.03. The summed E-state index contributed by atoms with van der Waals surface area (Å²) in [6, 6.07) is 10.4. The van der Waals surface area contributed by atoms with E-state index in [4.69, 9.17) is 12.6 Å². The lowest BCUT2D eigenvalue weighted by Gasteiger charge is -2.07. The van der Waals surface area contributed by atoms with Crippen molar-refractivity contribution in [1.82, 2.24) is 9.78 Å². The van der Waals surface area contributed by atoms with E-state index in [9.17, 15) is 0 Å². The summed E-state index contributed by atoms with van der Waals surface area (Å²) in [6.45, 7) is 3.21. The highest BCUT2D eigenvalue weighted by molar-refractivity contribution is 7.58. The molecule has 1 aromatic heterocycles. The van der Waals surface area contributed by atoms with Crippen LogP contribution in [0.5, 0.6) is 0 Å². The van der Waals surface area contributed by atoms with Gasteiger partial charge in [-0.3, -0.25) is 0 Å². The van der Waals surface area contributed by atoms with E-state index < -0.39 is 0 Å². The SMILES string of the molecule is CCCCCCCC[n+]1c([S-])nn(C)c1-c1ccccc1. The van der Waals surface area contributed by atoms with E-state index in [1.54, 1.807) is 0 Å². The Morgan fingerprint density at radius 2 is 1.71 bits per heavy atom. The fourth-order valence-electron chi connectivity index (χ4n) is 2.68. The van der Waals surface area contributed by atoms with E-state index in [0.717, 1.165) is 12.4 Å². The molecule has 0 radical (unpaired) electrons. The van der Waals surface area contributed by atoms with E-state index in [0.29, 0.717) is 5.16 Å². The molecule has 2 rings (SSSR count). The van der Waals surface area contributed by atoms with Gasteiger partial charge in [0.05, 0.1) is 19.2 Å². The zero-order valence-electron chi connectivity index (χ0n) is 13.1. The first-order valence-corrected chi connectivity index (χ1v) is 8.34. The topological polar surface area (TPSA) is 21.7 Å². The smallest absolute Gasteiger partial charge is 0.265 e. The first kappa shape index (κ1) is 16.0. The Morgan fingerprint density at radius 1 is 1.05 bits per heavy atom. The molecule has 0 amide bonds. The van der Waals surface area contributed by atoms with E-state index >= 15 is 0 Å². The molecule has 2 aromatic rings. The van der Waals surface area contributed by atoms with Gasteiger partial charge in [0.25, 0.3) is 5.82 Å². The van der Waals surface area contributed by atoms with E-state index in [2.05, 4.69) is 40.9 Å². The summed E-state index contributed by atoms with van der Waals surface area (Å²) in [5.41, 5.74) is 1.18. The van der Waals surface area contributed by atoms with Gasteiger partial charge >= 0.3 is 0 Å². The van der Waals surface area contributed by atoms with Gasteiger partial charge in [-0.1, -0.05) is 57.2 Å². The molecule has 0 aliphatic heterocycles. The molecule has 0 saturated heterocycles. The van der Waals surface area contributed by atoms with Crippen LogP contribution in [-0.2, 0) is 26.2 Å². The maximum absolute atomic E-state index is 5.41. The summed E-state index contributed by atoms with van der Waals surface area (Å²) in [5, 5.41) is 5.10. The van der Waals surface area contributed by atoms with Crippen molar-refractivity contribution in [3.05, 3.63) is 30.3 Å². The molecular formula is C17H25N3S. The van der Waals surface area contributed by atoms with Crippen LogP contribution in [0.3, 0.4) is 0 Å². The average molecular weight is 303 g/mol. The molecule has 21 heavy (non-hydrogen) atoms. The first-order chi connectivity index (χ1) is 10.2. The zero-order chi connectivity index (χ0) is 15.1. The third kappa shape index (κ3) is 4.27. The second-order valence-corrected chi connectivity index (χ2v) is 5.88. The minimum absolute atomic E-state index is 0.685. The Labute approximate surface area is 133 Å².